The minimum atomic E-state index is 0.0246. The highest BCUT2D eigenvalue weighted by Gasteiger charge is 2.16. The van der Waals surface area contributed by atoms with Gasteiger partial charge in [-0.1, -0.05) is 20.8 Å². The molecule has 0 heterocycles. The Kier molecular flexibility index (Phi) is 4.71. The van der Waals surface area contributed by atoms with E-state index < -0.39 is 0 Å². The van der Waals surface area contributed by atoms with Crippen molar-refractivity contribution in [3.8, 4) is 0 Å². The Labute approximate surface area is 67.8 Å². The van der Waals surface area contributed by atoms with Crippen molar-refractivity contribution in [2.45, 2.75) is 27.2 Å². The highest BCUT2D eigenvalue weighted by atomic mass is 35.5. The molecule has 1 nitrogen and oxygen atoms in total. The first-order valence-corrected chi connectivity index (χ1v) is 4.26. The van der Waals surface area contributed by atoms with Crippen LogP contribution in [0, 0.1) is 11.8 Å². The molecule has 0 amide bonds. The van der Waals surface area contributed by atoms with Gasteiger partial charge in [-0.25, -0.2) is 0 Å². The van der Waals surface area contributed by atoms with Crippen LogP contribution in [-0.2, 0) is 4.79 Å². The van der Waals surface area contributed by atoms with Crippen LogP contribution in [-0.4, -0.2) is 11.7 Å². The number of hydrogen-bond acceptors (Lipinski definition) is 1. The van der Waals surface area contributed by atoms with Crippen LogP contribution in [0.3, 0.4) is 0 Å². The number of hydrogen-bond donors (Lipinski definition) is 0. The SMILES string of the molecule is CCC(C)C(=O)C(C)CCl. The zero-order chi connectivity index (χ0) is 8.15. The first-order valence-electron chi connectivity index (χ1n) is 3.73. The van der Waals surface area contributed by atoms with E-state index >= 15 is 0 Å². The molecule has 2 heteroatoms. The molecule has 0 spiro atoms. The second-order valence-corrected chi connectivity index (χ2v) is 3.08. The van der Waals surface area contributed by atoms with Crippen LogP contribution in [0.25, 0.3) is 0 Å². The number of carbonyl (C=O) groups excluding carboxylic acids is 1. The van der Waals surface area contributed by atoms with Gasteiger partial charge in [0.2, 0.25) is 0 Å². The van der Waals surface area contributed by atoms with Gasteiger partial charge < -0.3 is 0 Å². The molecule has 60 valence electrons. The van der Waals surface area contributed by atoms with Gasteiger partial charge in [-0.15, -0.1) is 11.6 Å². The van der Waals surface area contributed by atoms with Crippen molar-refractivity contribution in [1.82, 2.24) is 0 Å². The number of ketones is 1. The summed E-state index contributed by atoms with van der Waals surface area (Å²) in [6.45, 7) is 5.84. The maximum absolute atomic E-state index is 11.2. The average molecular weight is 163 g/mol. The van der Waals surface area contributed by atoms with Gasteiger partial charge in [0.25, 0.3) is 0 Å². The first kappa shape index (κ1) is 9.96. The summed E-state index contributed by atoms with van der Waals surface area (Å²) in [5.74, 6) is 0.936. The van der Waals surface area contributed by atoms with Crippen LogP contribution in [0.15, 0.2) is 0 Å². The Balaban J connectivity index is 3.82. The molecule has 0 aromatic heterocycles. The molecule has 2 unspecified atom stereocenters. The van der Waals surface area contributed by atoms with E-state index in [1.54, 1.807) is 0 Å². The number of Topliss-reactive ketones (excluding diaryl/α,β-unsaturated/α-hetero) is 1. The van der Waals surface area contributed by atoms with E-state index in [4.69, 9.17) is 11.6 Å². The summed E-state index contributed by atoms with van der Waals surface area (Å²) in [4.78, 5) is 11.2. The fourth-order valence-corrected chi connectivity index (χ4v) is 0.915. The Morgan fingerprint density at radius 2 is 1.90 bits per heavy atom. The molecule has 0 radical (unpaired) electrons. The molecule has 0 aromatic rings. The van der Waals surface area contributed by atoms with Gasteiger partial charge in [0.05, 0.1) is 0 Å². The Bertz CT molecular complexity index is 99.8. The monoisotopic (exact) mass is 162 g/mol. The van der Waals surface area contributed by atoms with Gasteiger partial charge in [0.15, 0.2) is 0 Å². The van der Waals surface area contributed by atoms with Gasteiger partial charge in [-0.3, -0.25) is 4.79 Å². The molecule has 0 aromatic carbocycles. The lowest BCUT2D eigenvalue weighted by Gasteiger charge is -2.11. The van der Waals surface area contributed by atoms with Crippen molar-refractivity contribution in [2.24, 2.45) is 11.8 Å². The van der Waals surface area contributed by atoms with Gasteiger partial charge in [0, 0.05) is 17.7 Å². The molecule has 0 saturated heterocycles. The van der Waals surface area contributed by atoms with Crippen molar-refractivity contribution < 1.29 is 4.79 Å². The van der Waals surface area contributed by atoms with Crippen LogP contribution < -0.4 is 0 Å². The smallest absolute Gasteiger partial charge is 0.139 e. The summed E-state index contributed by atoms with van der Waals surface area (Å²) in [5, 5.41) is 0. The Hall–Kier alpha value is -0.0400. The zero-order valence-corrected chi connectivity index (χ0v) is 7.61. The van der Waals surface area contributed by atoms with Gasteiger partial charge in [-0.2, -0.15) is 0 Å². The highest BCUT2D eigenvalue weighted by molar-refractivity contribution is 6.19. The standard InChI is InChI=1S/C8H15ClO/c1-4-6(2)8(10)7(3)5-9/h6-7H,4-5H2,1-3H3. The maximum atomic E-state index is 11.2. The van der Waals surface area contributed by atoms with Gasteiger partial charge in [-0.05, 0) is 6.42 Å². The quantitative estimate of drug-likeness (QED) is 0.581. The van der Waals surface area contributed by atoms with E-state index in [9.17, 15) is 4.79 Å². The molecule has 0 aliphatic rings. The van der Waals surface area contributed by atoms with E-state index in [0.29, 0.717) is 5.88 Å². The van der Waals surface area contributed by atoms with Gasteiger partial charge >= 0.3 is 0 Å². The molecule has 0 saturated carbocycles. The fraction of sp³-hybridized carbons (Fsp3) is 0.875. The third kappa shape index (κ3) is 2.70. The largest absolute Gasteiger partial charge is 0.299 e. The van der Waals surface area contributed by atoms with Crippen molar-refractivity contribution >= 4 is 17.4 Å². The van der Waals surface area contributed by atoms with E-state index in [0.717, 1.165) is 6.42 Å². The third-order valence-corrected chi connectivity index (χ3v) is 2.28. The number of rotatable bonds is 4. The molecule has 0 fully saturated rings. The van der Waals surface area contributed by atoms with Crippen LogP contribution in [0.4, 0.5) is 0 Å². The predicted molar refractivity (Wildman–Crippen MR) is 44.3 cm³/mol. The zero-order valence-electron chi connectivity index (χ0n) is 6.86. The minimum Gasteiger partial charge on any atom is -0.299 e. The third-order valence-electron chi connectivity index (χ3n) is 1.82. The predicted octanol–water partition coefficient (Wildman–Crippen LogP) is 2.48. The molecule has 0 aliphatic carbocycles. The van der Waals surface area contributed by atoms with Gasteiger partial charge in [0.1, 0.15) is 5.78 Å². The molecule has 0 rings (SSSR count). The number of halogens is 1. The second kappa shape index (κ2) is 4.73. The number of carbonyl (C=O) groups is 1. The summed E-state index contributed by atoms with van der Waals surface area (Å²) in [6, 6.07) is 0. The Morgan fingerprint density at radius 3 is 2.20 bits per heavy atom. The lowest BCUT2D eigenvalue weighted by atomic mass is 9.95. The van der Waals surface area contributed by atoms with Crippen LogP contribution in [0.1, 0.15) is 27.2 Å². The molecule has 2 atom stereocenters. The van der Waals surface area contributed by atoms with E-state index in [1.807, 2.05) is 20.8 Å². The summed E-state index contributed by atoms with van der Waals surface area (Å²) in [5.41, 5.74) is 0. The second-order valence-electron chi connectivity index (χ2n) is 2.77. The van der Waals surface area contributed by atoms with Crippen molar-refractivity contribution in [3.05, 3.63) is 0 Å². The summed E-state index contributed by atoms with van der Waals surface area (Å²) in [7, 11) is 0. The van der Waals surface area contributed by atoms with Crippen LogP contribution in [0.5, 0.6) is 0 Å². The molecule has 0 N–H and O–H groups in total. The summed E-state index contributed by atoms with van der Waals surface area (Å²) >= 11 is 5.53. The van der Waals surface area contributed by atoms with Crippen molar-refractivity contribution in [2.75, 3.05) is 5.88 Å². The van der Waals surface area contributed by atoms with Crippen molar-refractivity contribution in [1.29, 1.82) is 0 Å². The molecule has 10 heavy (non-hydrogen) atoms. The van der Waals surface area contributed by atoms with E-state index in [-0.39, 0.29) is 17.6 Å². The summed E-state index contributed by atoms with van der Waals surface area (Å²) < 4.78 is 0. The number of alkyl halides is 1. The Morgan fingerprint density at radius 1 is 1.40 bits per heavy atom. The molecular weight excluding hydrogens is 148 g/mol. The van der Waals surface area contributed by atoms with Crippen LogP contribution in [0.2, 0.25) is 0 Å². The van der Waals surface area contributed by atoms with E-state index in [1.165, 1.54) is 0 Å². The summed E-state index contributed by atoms with van der Waals surface area (Å²) in [6.07, 6.45) is 0.917. The van der Waals surface area contributed by atoms with Crippen LogP contribution >= 0.6 is 11.6 Å². The topological polar surface area (TPSA) is 17.1 Å². The molecule has 0 aliphatic heterocycles. The molecule has 0 bridgehead atoms. The maximum Gasteiger partial charge on any atom is 0.139 e. The molecular formula is C8H15ClO. The minimum absolute atomic E-state index is 0.0246. The average Bonchev–Trinajstić information content (AvgIpc) is 2.00. The lowest BCUT2D eigenvalue weighted by Crippen LogP contribution is -2.19. The first-order chi connectivity index (χ1) is 4.63. The lowest BCUT2D eigenvalue weighted by molar-refractivity contribution is -0.125. The van der Waals surface area contributed by atoms with E-state index in [2.05, 4.69) is 0 Å². The fourth-order valence-electron chi connectivity index (χ4n) is 0.763. The van der Waals surface area contributed by atoms with Crippen molar-refractivity contribution in [3.63, 3.8) is 0 Å². The highest BCUT2D eigenvalue weighted by Crippen LogP contribution is 2.11. The normalized spacial score (nSPS) is 16.4.